The summed E-state index contributed by atoms with van der Waals surface area (Å²) >= 11 is 0. The number of esters is 1. The molecule has 12 heteroatoms. The van der Waals surface area contributed by atoms with Gasteiger partial charge in [-0.15, -0.1) is 0 Å². The average molecular weight is 586 g/mol. The van der Waals surface area contributed by atoms with Crippen LogP contribution in [0.1, 0.15) is 12.5 Å². The molecule has 1 unspecified atom stereocenters. The highest BCUT2D eigenvalue weighted by Gasteiger charge is 2.39. The molecule has 0 aliphatic carbocycles. The lowest BCUT2D eigenvalue weighted by Gasteiger charge is -2.36. The quantitative estimate of drug-likeness (QED) is 0.389. The minimum Gasteiger partial charge on any atom is -0.475 e. The standard InChI is InChI=1S/C28H31N3O7S2/c1-3-37-28(32)27-20-31(40(35,36)23-11-9-21(2)10-12-23)25-14-13-24(19-26(25)38-27)39(33,34)30-17-15-29(16-18-30)22-7-5-4-6-8-22/h4-14,19,27H,3,15-18,20H2,1-2H3. The van der Waals surface area contributed by atoms with E-state index in [1.807, 2.05) is 37.3 Å². The normalized spacial score (nSPS) is 18.1. The molecule has 212 valence electrons. The van der Waals surface area contributed by atoms with Gasteiger partial charge in [0.1, 0.15) is 5.75 Å². The van der Waals surface area contributed by atoms with Crippen molar-refractivity contribution >= 4 is 37.4 Å². The van der Waals surface area contributed by atoms with Gasteiger partial charge in [-0.1, -0.05) is 35.9 Å². The molecule has 3 aromatic carbocycles. The number of nitrogens with zero attached hydrogens (tertiary/aromatic N) is 3. The van der Waals surface area contributed by atoms with Crippen LogP contribution in [-0.2, 0) is 29.6 Å². The first kappa shape index (κ1) is 27.9. The molecule has 10 nitrogen and oxygen atoms in total. The molecule has 3 aromatic rings. The number of fused-ring (bicyclic) bond motifs is 1. The Hall–Kier alpha value is -3.61. The number of hydrogen-bond donors (Lipinski definition) is 0. The number of hydrogen-bond acceptors (Lipinski definition) is 8. The number of carbonyl (C=O) groups excluding carboxylic acids is 1. The molecule has 0 aromatic heterocycles. The molecule has 0 bridgehead atoms. The van der Waals surface area contributed by atoms with Crippen molar-refractivity contribution in [1.82, 2.24) is 4.31 Å². The number of para-hydroxylation sites is 1. The first-order chi connectivity index (χ1) is 19.1. The Morgan fingerprint density at radius 3 is 2.17 bits per heavy atom. The van der Waals surface area contributed by atoms with E-state index in [2.05, 4.69) is 4.90 Å². The third-order valence-electron chi connectivity index (χ3n) is 6.96. The number of rotatable bonds is 7. The Morgan fingerprint density at radius 1 is 0.875 bits per heavy atom. The predicted octanol–water partition coefficient (Wildman–Crippen LogP) is 3.03. The van der Waals surface area contributed by atoms with E-state index in [0.29, 0.717) is 13.1 Å². The molecule has 2 aliphatic rings. The van der Waals surface area contributed by atoms with E-state index in [4.69, 9.17) is 9.47 Å². The Balaban J connectivity index is 1.45. The van der Waals surface area contributed by atoms with E-state index in [9.17, 15) is 21.6 Å². The van der Waals surface area contributed by atoms with E-state index < -0.39 is 32.1 Å². The van der Waals surface area contributed by atoms with E-state index in [1.54, 1.807) is 19.1 Å². The van der Waals surface area contributed by atoms with Gasteiger partial charge < -0.3 is 14.4 Å². The topological polar surface area (TPSA) is 114 Å². The molecular formula is C28H31N3O7S2. The van der Waals surface area contributed by atoms with Gasteiger partial charge in [0.25, 0.3) is 10.0 Å². The third kappa shape index (κ3) is 5.38. The second kappa shape index (κ2) is 11.1. The summed E-state index contributed by atoms with van der Waals surface area (Å²) in [5, 5.41) is 0. The summed E-state index contributed by atoms with van der Waals surface area (Å²) in [6, 6.07) is 20.2. The fourth-order valence-electron chi connectivity index (χ4n) is 4.79. The Morgan fingerprint density at radius 2 is 1.52 bits per heavy atom. The molecule has 0 amide bonds. The fourth-order valence-corrected chi connectivity index (χ4v) is 7.71. The van der Waals surface area contributed by atoms with Gasteiger partial charge in [-0.25, -0.2) is 21.6 Å². The number of piperazine rings is 1. The lowest BCUT2D eigenvalue weighted by molar-refractivity contribution is -0.151. The van der Waals surface area contributed by atoms with Gasteiger partial charge in [0, 0.05) is 37.9 Å². The third-order valence-corrected chi connectivity index (χ3v) is 10.6. The number of carbonyl (C=O) groups is 1. The fraction of sp³-hybridized carbons (Fsp3) is 0.321. The molecule has 0 radical (unpaired) electrons. The molecule has 5 rings (SSSR count). The molecule has 1 atom stereocenters. The minimum absolute atomic E-state index is 0.0241. The number of benzene rings is 3. The summed E-state index contributed by atoms with van der Waals surface area (Å²) < 4.78 is 67.9. The highest BCUT2D eigenvalue weighted by molar-refractivity contribution is 7.92. The van der Waals surface area contributed by atoms with Crippen LogP contribution in [-0.4, -0.2) is 72.5 Å². The van der Waals surface area contributed by atoms with E-state index in [0.717, 1.165) is 15.6 Å². The molecule has 1 saturated heterocycles. The van der Waals surface area contributed by atoms with E-state index in [-0.39, 0.29) is 47.5 Å². The van der Waals surface area contributed by atoms with E-state index in [1.165, 1.54) is 34.6 Å². The second-order valence-electron chi connectivity index (χ2n) is 9.56. The lowest BCUT2D eigenvalue weighted by Crippen LogP contribution is -2.49. The van der Waals surface area contributed by atoms with Crippen LogP contribution in [0.5, 0.6) is 5.75 Å². The molecular weight excluding hydrogens is 554 g/mol. The number of ether oxygens (including phenoxy) is 2. The summed E-state index contributed by atoms with van der Waals surface area (Å²) in [6.07, 6.45) is -1.26. The van der Waals surface area contributed by atoms with E-state index >= 15 is 0 Å². The van der Waals surface area contributed by atoms with Gasteiger partial charge in [0.15, 0.2) is 0 Å². The first-order valence-corrected chi connectivity index (χ1v) is 15.9. The van der Waals surface area contributed by atoms with Crippen molar-refractivity contribution in [3.8, 4) is 5.75 Å². The smallest absolute Gasteiger partial charge is 0.349 e. The average Bonchev–Trinajstić information content (AvgIpc) is 2.97. The van der Waals surface area contributed by atoms with Crippen LogP contribution >= 0.6 is 0 Å². The highest BCUT2D eigenvalue weighted by atomic mass is 32.2. The molecule has 1 fully saturated rings. The molecule has 0 saturated carbocycles. The first-order valence-electron chi connectivity index (χ1n) is 13.0. The van der Waals surface area contributed by atoms with Crippen molar-refractivity contribution in [2.24, 2.45) is 0 Å². The number of anilines is 2. The molecule has 2 aliphatic heterocycles. The Labute approximate surface area is 234 Å². The largest absolute Gasteiger partial charge is 0.475 e. The molecule has 0 spiro atoms. The Kier molecular flexibility index (Phi) is 7.76. The van der Waals surface area contributed by atoms with Crippen molar-refractivity contribution in [1.29, 1.82) is 0 Å². The van der Waals surface area contributed by atoms with Gasteiger partial charge in [0.2, 0.25) is 16.1 Å². The minimum atomic E-state index is -4.09. The van der Waals surface area contributed by atoms with Gasteiger partial charge in [-0.05, 0) is 50.2 Å². The van der Waals surface area contributed by atoms with Gasteiger partial charge in [-0.3, -0.25) is 4.31 Å². The van der Waals surface area contributed by atoms with Crippen LogP contribution < -0.4 is 13.9 Å². The second-order valence-corrected chi connectivity index (χ2v) is 13.4. The number of sulfonamides is 2. The van der Waals surface area contributed by atoms with Crippen molar-refractivity contribution in [2.45, 2.75) is 29.7 Å². The monoisotopic (exact) mass is 585 g/mol. The summed E-state index contributed by atoms with van der Waals surface area (Å²) in [6.45, 7) is 4.88. The van der Waals surface area contributed by atoms with Crippen LogP contribution in [0.25, 0.3) is 0 Å². The zero-order valence-corrected chi connectivity index (χ0v) is 23.9. The summed E-state index contributed by atoms with van der Waals surface area (Å²) in [7, 11) is -8.01. The van der Waals surface area contributed by atoms with Crippen LogP contribution in [0.2, 0.25) is 0 Å². The van der Waals surface area contributed by atoms with Crippen LogP contribution in [0.15, 0.2) is 82.6 Å². The number of aryl methyl sites for hydroxylation is 1. The van der Waals surface area contributed by atoms with Crippen molar-refractivity contribution < 1.29 is 31.1 Å². The predicted molar refractivity (Wildman–Crippen MR) is 151 cm³/mol. The summed E-state index contributed by atoms with van der Waals surface area (Å²) in [5.74, 6) is -0.758. The van der Waals surface area contributed by atoms with Crippen molar-refractivity contribution in [3.05, 3.63) is 78.4 Å². The maximum atomic E-state index is 13.7. The zero-order valence-electron chi connectivity index (χ0n) is 22.3. The maximum Gasteiger partial charge on any atom is 0.349 e. The summed E-state index contributed by atoms with van der Waals surface area (Å²) in [4.78, 5) is 14.8. The van der Waals surface area contributed by atoms with Crippen molar-refractivity contribution in [3.63, 3.8) is 0 Å². The lowest BCUT2D eigenvalue weighted by atomic mass is 10.2. The van der Waals surface area contributed by atoms with Crippen molar-refractivity contribution in [2.75, 3.05) is 48.5 Å². The SMILES string of the molecule is CCOC(=O)C1CN(S(=O)(=O)c2ccc(C)cc2)c2ccc(S(=O)(=O)N3CCN(c4ccccc4)CC3)cc2O1. The molecule has 2 heterocycles. The molecule has 0 N–H and O–H groups in total. The van der Waals surface area contributed by atoms with Gasteiger partial charge >= 0.3 is 5.97 Å². The molecule has 40 heavy (non-hydrogen) atoms. The van der Waals surface area contributed by atoms with Crippen LogP contribution in [0.3, 0.4) is 0 Å². The summed E-state index contributed by atoms with van der Waals surface area (Å²) in [5.41, 5.74) is 2.07. The zero-order chi connectivity index (χ0) is 28.5. The van der Waals surface area contributed by atoms with Crippen LogP contribution in [0, 0.1) is 6.92 Å². The Bertz CT molecular complexity index is 1590. The highest BCUT2D eigenvalue weighted by Crippen LogP contribution is 2.39. The van der Waals surface area contributed by atoms with Gasteiger partial charge in [0.05, 0.1) is 28.6 Å². The van der Waals surface area contributed by atoms with Crippen LogP contribution in [0.4, 0.5) is 11.4 Å². The van der Waals surface area contributed by atoms with Gasteiger partial charge in [-0.2, -0.15) is 4.31 Å². The maximum absolute atomic E-state index is 13.7.